The number of unbranched alkanes of at least 4 members (excludes halogenated alkanes) is 1. The summed E-state index contributed by atoms with van der Waals surface area (Å²) in [6.45, 7) is 8.15. The van der Waals surface area contributed by atoms with Gasteiger partial charge in [-0.1, -0.05) is 131 Å². The second-order valence-electron chi connectivity index (χ2n) is 14.3. The van der Waals surface area contributed by atoms with Crippen molar-refractivity contribution < 1.29 is 19.2 Å². The van der Waals surface area contributed by atoms with Crippen LogP contribution in [-0.4, -0.2) is 48.3 Å². The van der Waals surface area contributed by atoms with Gasteiger partial charge in [0.25, 0.3) is 0 Å². The predicted molar refractivity (Wildman–Crippen MR) is 204 cm³/mol. The van der Waals surface area contributed by atoms with Crippen molar-refractivity contribution in [2.45, 2.75) is 90.4 Å². The lowest BCUT2D eigenvalue weighted by atomic mass is 9.87. The van der Waals surface area contributed by atoms with Gasteiger partial charge in [-0.3, -0.25) is 19.2 Å². The van der Waals surface area contributed by atoms with Crippen molar-refractivity contribution in [2.24, 2.45) is 11.1 Å². The van der Waals surface area contributed by atoms with Crippen molar-refractivity contribution >= 4 is 34.4 Å². The molecule has 0 radical (unpaired) electrons. The molecule has 6 N–H and O–H groups in total. The van der Waals surface area contributed by atoms with Gasteiger partial charge in [-0.05, 0) is 65.1 Å². The Morgan fingerprint density at radius 2 is 1.18 bits per heavy atom. The summed E-state index contributed by atoms with van der Waals surface area (Å²) < 4.78 is 0. The molecule has 4 rings (SSSR count). The van der Waals surface area contributed by atoms with Crippen molar-refractivity contribution in [3.63, 3.8) is 0 Å². The lowest BCUT2D eigenvalue weighted by molar-refractivity contribution is -0.134. The minimum atomic E-state index is -0.959. The van der Waals surface area contributed by atoms with E-state index in [9.17, 15) is 19.2 Å². The maximum atomic E-state index is 14.1. The Bertz CT molecular complexity index is 1700. The summed E-state index contributed by atoms with van der Waals surface area (Å²) in [6, 6.07) is 30.1. The van der Waals surface area contributed by atoms with Gasteiger partial charge >= 0.3 is 0 Å². The number of rotatable bonds is 17. The number of carbonyl (C=O) groups is 4. The zero-order valence-electron chi connectivity index (χ0n) is 30.3. The average molecular weight is 692 g/mol. The van der Waals surface area contributed by atoms with Gasteiger partial charge in [0.05, 0.1) is 6.04 Å². The van der Waals surface area contributed by atoms with Crippen LogP contribution in [0.2, 0.25) is 0 Å². The molecule has 0 aliphatic heterocycles. The van der Waals surface area contributed by atoms with Crippen LogP contribution in [0.25, 0.3) is 10.8 Å². The molecule has 3 atom stereocenters. The third kappa shape index (κ3) is 12.1. The van der Waals surface area contributed by atoms with Crippen LogP contribution in [-0.2, 0) is 25.6 Å². The minimum Gasteiger partial charge on any atom is -0.344 e. The second kappa shape index (κ2) is 18.8. The third-order valence-electron chi connectivity index (χ3n) is 8.81. The number of carbonyl (C=O) groups excluding carboxylic acids is 4. The highest BCUT2D eigenvalue weighted by molar-refractivity contribution is 5.94. The van der Waals surface area contributed by atoms with E-state index in [2.05, 4.69) is 21.3 Å². The molecule has 0 aliphatic carbocycles. The molecule has 0 saturated carbocycles. The van der Waals surface area contributed by atoms with Crippen molar-refractivity contribution in [3.05, 3.63) is 120 Å². The Hall–Kier alpha value is -5.02. The molecule has 4 aromatic carbocycles. The first-order valence-electron chi connectivity index (χ1n) is 18.0. The molecule has 0 spiro atoms. The van der Waals surface area contributed by atoms with Crippen molar-refractivity contribution in [1.29, 1.82) is 0 Å². The van der Waals surface area contributed by atoms with Gasteiger partial charge < -0.3 is 27.0 Å². The third-order valence-corrected chi connectivity index (χ3v) is 8.81. The van der Waals surface area contributed by atoms with E-state index in [1.165, 1.54) is 0 Å². The van der Waals surface area contributed by atoms with Gasteiger partial charge in [0, 0.05) is 12.8 Å². The number of nitrogens with one attached hydrogen (secondary N) is 4. The quantitative estimate of drug-likeness (QED) is 0.0902. The van der Waals surface area contributed by atoms with E-state index in [1.54, 1.807) is 6.92 Å². The Morgan fingerprint density at radius 1 is 0.627 bits per heavy atom. The number of hydrogen-bond acceptors (Lipinski definition) is 5. The van der Waals surface area contributed by atoms with Gasteiger partial charge in [0.1, 0.15) is 18.1 Å². The van der Waals surface area contributed by atoms with Crippen LogP contribution < -0.4 is 27.0 Å². The summed E-state index contributed by atoms with van der Waals surface area (Å²) in [4.78, 5) is 54.7. The second-order valence-corrected chi connectivity index (χ2v) is 14.3. The van der Waals surface area contributed by atoms with E-state index < -0.39 is 36.0 Å². The molecule has 0 unspecified atom stereocenters. The highest BCUT2D eigenvalue weighted by Crippen LogP contribution is 2.24. The van der Waals surface area contributed by atoms with Gasteiger partial charge in [-0.15, -0.1) is 0 Å². The smallest absolute Gasteiger partial charge is 0.243 e. The number of benzene rings is 4. The minimum absolute atomic E-state index is 0.208. The molecule has 9 nitrogen and oxygen atoms in total. The van der Waals surface area contributed by atoms with E-state index in [1.807, 2.05) is 124 Å². The fraction of sp³-hybridized carbons (Fsp3) is 0.381. The Labute approximate surface area is 302 Å². The van der Waals surface area contributed by atoms with Crippen LogP contribution in [0.15, 0.2) is 103 Å². The van der Waals surface area contributed by atoms with Gasteiger partial charge in [0.2, 0.25) is 23.6 Å². The summed E-state index contributed by atoms with van der Waals surface area (Å²) in [5.41, 5.74) is 8.14. The fourth-order valence-corrected chi connectivity index (χ4v) is 6.13. The first kappa shape index (κ1) is 38.8. The van der Waals surface area contributed by atoms with E-state index in [0.717, 1.165) is 27.5 Å². The molecular weight excluding hydrogens is 638 g/mol. The zero-order valence-corrected chi connectivity index (χ0v) is 30.3. The largest absolute Gasteiger partial charge is 0.344 e. The molecule has 9 heteroatoms. The fourth-order valence-electron chi connectivity index (χ4n) is 6.13. The number of hydrogen-bond donors (Lipinski definition) is 5. The summed E-state index contributed by atoms with van der Waals surface area (Å²) in [5.74, 6) is -1.53. The molecule has 0 bridgehead atoms. The van der Waals surface area contributed by atoms with Crippen LogP contribution in [0.3, 0.4) is 0 Å². The van der Waals surface area contributed by atoms with E-state index in [-0.39, 0.29) is 30.1 Å². The molecule has 51 heavy (non-hydrogen) atoms. The normalized spacial score (nSPS) is 13.2. The number of nitrogens with two attached hydrogens (primary N) is 1. The van der Waals surface area contributed by atoms with Crippen LogP contribution in [0, 0.1) is 5.41 Å². The predicted octanol–water partition coefficient (Wildman–Crippen LogP) is 5.72. The lowest BCUT2D eigenvalue weighted by Gasteiger charge is -2.30. The lowest BCUT2D eigenvalue weighted by Crippen LogP contribution is -2.58. The molecular formula is C42H53N5O4. The molecule has 4 amide bonds. The first-order valence-corrected chi connectivity index (χ1v) is 18.0. The van der Waals surface area contributed by atoms with E-state index in [4.69, 9.17) is 5.73 Å². The van der Waals surface area contributed by atoms with Crippen LogP contribution in [0.4, 0.5) is 0 Å². The average Bonchev–Trinajstić information content (AvgIpc) is 3.12. The Balaban J connectivity index is 1.57. The van der Waals surface area contributed by atoms with Gasteiger partial charge in [-0.2, -0.15) is 0 Å². The monoisotopic (exact) mass is 691 g/mol. The summed E-state index contributed by atoms with van der Waals surface area (Å²) >= 11 is 0. The Morgan fingerprint density at radius 3 is 1.76 bits per heavy atom. The highest BCUT2D eigenvalue weighted by atomic mass is 16.2. The maximum absolute atomic E-state index is 14.1. The molecule has 0 aromatic heterocycles. The summed E-state index contributed by atoms with van der Waals surface area (Å²) in [5, 5.41) is 14.1. The SMILES string of the molecule is CCC(=O)N[C@@H](Cc1ccc2ccccc2c1)C(=O)N[C@@H](CC(C)(C)C)C(=O)N[C@@H](CCCCN)C(=O)NC(c1ccccc1)c1ccccc1. The van der Waals surface area contributed by atoms with Gasteiger partial charge in [0.15, 0.2) is 0 Å². The standard InChI is InChI=1S/C42H53N5O4/c1-5-37(48)44-35(27-29-23-24-30-16-12-13-21-33(30)26-29)40(50)46-36(28-42(2,3)4)41(51)45-34(22-14-15-25-43)39(49)47-38(31-17-8-6-9-18-31)32-19-10-7-11-20-32/h6-13,16-21,23-24,26,34-36,38H,5,14-15,22,25,27-28,43H2,1-4H3,(H,44,48)(H,45,51)(H,46,50)(H,47,49)/t34-,35-,36-/m0/s1. The highest BCUT2D eigenvalue weighted by Gasteiger charge is 2.33. The topological polar surface area (TPSA) is 142 Å². The zero-order chi connectivity index (χ0) is 36.8. The number of amides is 4. The van der Waals surface area contributed by atoms with Crippen LogP contribution >= 0.6 is 0 Å². The molecule has 0 fully saturated rings. The van der Waals surface area contributed by atoms with Crippen molar-refractivity contribution in [2.75, 3.05) is 6.54 Å². The molecule has 0 heterocycles. The van der Waals surface area contributed by atoms with Crippen LogP contribution in [0.5, 0.6) is 0 Å². The van der Waals surface area contributed by atoms with Crippen molar-refractivity contribution in [1.82, 2.24) is 21.3 Å². The number of fused-ring (bicyclic) bond motifs is 1. The maximum Gasteiger partial charge on any atom is 0.243 e. The molecule has 270 valence electrons. The van der Waals surface area contributed by atoms with Gasteiger partial charge in [-0.25, -0.2) is 0 Å². The Kier molecular flexibility index (Phi) is 14.3. The molecule has 0 saturated heterocycles. The first-order chi connectivity index (χ1) is 24.5. The van der Waals surface area contributed by atoms with Crippen LogP contribution in [0.1, 0.15) is 82.5 Å². The van der Waals surface area contributed by atoms with Crippen molar-refractivity contribution in [3.8, 4) is 0 Å². The van der Waals surface area contributed by atoms with E-state index in [0.29, 0.717) is 32.2 Å². The molecule has 0 aliphatic rings. The molecule has 4 aromatic rings. The summed E-state index contributed by atoms with van der Waals surface area (Å²) in [6.07, 6.45) is 2.46. The van der Waals surface area contributed by atoms with E-state index >= 15 is 0 Å². The summed E-state index contributed by atoms with van der Waals surface area (Å²) in [7, 11) is 0.